The third-order valence-corrected chi connectivity index (χ3v) is 8.89. The summed E-state index contributed by atoms with van der Waals surface area (Å²) < 4.78 is 5.04. The van der Waals surface area contributed by atoms with E-state index in [1.54, 1.807) is 18.9 Å². The van der Waals surface area contributed by atoms with Crippen LogP contribution in [0.5, 0.6) is 0 Å². The van der Waals surface area contributed by atoms with Crippen molar-refractivity contribution in [1.82, 2.24) is 31.6 Å². The summed E-state index contributed by atoms with van der Waals surface area (Å²) in [5.41, 5.74) is 2.23. The fourth-order valence-corrected chi connectivity index (χ4v) is 6.81. The Hall–Kier alpha value is -0.131. The standard InChI is InChI=1S/C28H48N6O2S.2ClH.Mn/c1-36-15-6-11-28(35)31-14-16-37-23-17-21-19-32-26-9-4-2-7-24(26)29-12-13-30-25-8-3-5-10-27(25)33-20-22(18-23)34-21;;;/h17-18,24-27,29-30,32-33H,2-16,19-20H2,1H3,(H,31,35);2*1H;/q;;;+2/p-2/t24-,25-,26-,27-;;;/m1.../s1. The Kier molecular flexibility index (Phi) is 17.8. The molecule has 12 heteroatoms. The Morgan fingerprint density at radius 2 is 1.45 bits per heavy atom. The molecule has 2 heterocycles. The third kappa shape index (κ3) is 13.0. The second-order valence-electron chi connectivity index (χ2n) is 10.8. The van der Waals surface area contributed by atoms with Gasteiger partial charge >= 0.3 is 33.3 Å². The molecule has 0 spiro atoms. The third-order valence-electron chi connectivity index (χ3n) is 7.91. The van der Waals surface area contributed by atoms with Gasteiger partial charge < -0.3 is 31.3 Å². The molecule has 40 heavy (non-hydrogen) atoms. The Balaban J connectivity index is 0.00000141. The van der Waals surface area contributed by atoms with E-state index in [0.29, 0.717) is 43.7 Å². The number of methoxy groups -OCH3 is 1. The van der Waals surface area contributed by atoms with Gasteiger partial charge in [-0.3, -0.25) is 9.78 Å². The first-order chi connectivity index (χ1) is 19.6. The topological polar surface area (TPSA) is 99.3 Å². The molecule has 1 aliphatic heterocycles. The fraction of sp³-hybridized carbons (Fsp3) is 0.786. The van der Waals surface area contributed by atoms with Gasteiger partial charge in [0.1, 0.15) is 0 Å². The van der Waals surface area contributed by atoms with E-state index in [-0.39, 0.29) is 19.0 Å². The molecule has 0 saturated heterocycles. The van der Waals surface area contributed by atoms with Gasteiger partial charge in [-0.2, -0.15) is 0 Å². The summed E-state index contributed by atoms with van der Waals surface area (Å²) in [5, 5.41) is 18.4. The van der Waals surface area contributed by atoms with Crippen molar-refractivity contribution in [1.29, 1.82) is 0 Å². The van der Waals surface area contributed by atoms with Gasteiger partial charge in [-0.15, -0.1) is 11.8 Å². The first-order valence-corrected chi connectivity index (χ1v) is 19.0. The summed E-state index contributed by atoms with van der Waals surface area (Å²) in [7, 11) is 11.3. The summed E-state index contributed by atoms with van der Waals surface area (Å²) in [4.78, 5) is 18.3. The Labute approximate surface area is 260 Å². The van der Waals surface area contributed by atoms with Crippen molar-refractivity contribution in [3.8, 4) is 0 Å². The first kappa shape index (κ1) is 34.4. The van der Waals surface area contributed by atoms with Crippen LogP contribution in [0.4, 0.5) is 0 Å². The molecule has 5 N–H and O–H groups in total. The van der Waals surface area contributed by atoms with Crippen molar-refractivity contribution in [3.05, 3.63) is 23.5 Å². The number of thioether (sulfide) groups is 1. The van der Waals surface area contributed by atoms with Crippen molar-refractivity contribution in [3.63, 3.8) is 0 Å². The molecule has 3 aliphatic rings. The van der Waals surface area contributed by atoms with E-state index < -0.39 is 0 Å². The number of fused-ring (bicyclic) bond motifs is 4. The van der Waals surface area contributed by atoms with Crippen LogP contribution < -0.4 is 26.6 Å². The predicted molar refractivity (Wildman–Crippen MR) is 163 cm³/mol. The van der Waals surface area contributed by atoms with Crippen LogP contribution in [0.3, 0.4) is 0 Å². The molecule has 2 aliphatic carbocycles. The zero-order valence-corrected chi connectivity index (χ0v) is 27.3. The van der Waals surface area contributed by atoms with Crippen molar-refractivity contribution in [2.24, 2.45) is 0 Å². The normalized spacial score (nSPS) is 25.7. The van der Waals surface area contributed by atoms with E-state index in [1.165, 1.54) is 56.3 Å². The second-order valence-corrected chi connectivity index (χ2v) is 13.9. The van der Waals surface area contributed by atoms with Gasteiger partial charge in [0.05, 0.1) is 11.4 Å². The first-order valence-electron chi connectivity index (χ1n) is 14.8. The molecule has 4 rings (SSSR count). The molecule has 1 aromatic rings. The minimum absolute atomic E-state index is 0.00694. The number of ether oxygens (including phenoxy) is 1. The van der Waals surface area contributed by atoms with E-state index in [4.69, 9.17) is 29.9 Å². The van der Waals surface area contributed by atoms with Crippen LogP contribution in [0.15, 0.2) is 17.0 Å². The number of hydrogen-bond acceptors (Lipinski definition) is 8. The monoisotopic (exact) mass is 657 g/mol. The molecule has 0 unspecified atom stereocenters. The molecular weight excluding hydrogens is 610 g/mol. The number of hydrogen-bond donors (Lipinski definition) is 5. The summed E-state index contributed by atoms with van der Waals surface area (Å²) in [5.74, 6) is 0.953. The summed E-state index contributed by atoms with van der Waals surface area (Å²) in [6, 6.07) is 6.52. The zero-order chi connectivity index (χ0) is 28.4. The van der Waals surface area contributed by atoms with Crippen LogP contribution in [0.2, 0.25) is 0 Å². The minimum atomic E-state index is 0.00694. The van der Waals surface area contributed by atoms with Gasteiger partial charge in [0.25, 0.3) is 0 Å². The summed E-state index contributed by atoms with van der Waals surface area (Å²) in [6.07, 6.45) is 11.5. The van der Waals surface area contributed by atoms with Crippen LogP contribution >= 0.6 is 32.0 Å². The average molecular weight is 659 g/mol. The average Bonchev–Trinajstić information content (AvgIpc) is 2.97. The van der Waals surface area contributed by atoms with Gasteiger partial charge in [-0.25, -0.2) is 0 Å². The van der Waals surface area contributed by atoms with Gasteiger partial charge in [0.15, 0.2) is 0 Å². The second kappa shape index (κ2) is 20.7. The van der Waals surface area contributed by atoms with E-state index in [1.807, 2.05) is 0 Å². The number of pyridine rings is 1. The molecular formula is C28H48Cl2MnN6O2S. The van der Waals surface area contributed by atoms with Gasteiger partial charge in [0.2, 0.25) is 5.91 Å². The Morgan fingerprint density at radius 1 is 0.950 bits per heavy atom. The van der Waals surface area contributed by atoms with Crippen LogP contribution in [0, 0.1) is 0 Å². The van der Waals surface area contributed by atoms with E-state index in [0.717, 1.165) is 49.7 Å². The van der Waals surface area contributed by atoms with Gasteiger partial charge in [-0.05, 0) is 44.2 Å². The number of nitrogens with zero attached hydrogens (tertiary/aromatic N) is 1. The molecule has 1 aromatic heterocycles. The number of amides is 1. The maximum atomic E-state index is 12.0. The molecule has 0 radical (unpaired) electrons. The number of carbonyl (C=O) groups excluding carboxylic acids is 1. The number of rotatable bonds is 8. The number of carbonyl (C=O) groups is 1. The van der Waals surface area contributed by atoms with Crippen molar-refractivity contribution < 1.29 is 22.7 Å². The molecule has 229 valence electrons. The fourth-order valence-electron chi connectivity index (χ4n) is 5.93. The van der Waals surface area contributed by atoms with Gasteiger partial charge in [0, 0.05) is 87.7 Å². The molecule has 1 amide bonds. The molecule has 2 fully saturated rings. The molecule has 0 aromatic carbocycles. The number of aromatic nitrogens is 1. The van der Waals surface area contributed by atoms with E-state index >= 15 is 0 Å². The zero-order valence-electron chi connectivity index (χ0n) is 23.8. The maximum absolute atomic E-state index is 12.0. The molecule has 2 saturated carbocycles. The summed E-state index contributed by atoms with van der Waals surface area (Å²) in [6.45, 7) is 4.95. The quantitative estimate of drug-likeness (QED) is 0.162. The Bertz CT molecular complexity index is 813. The Morgan fingerprint density at radius 3 is 1.95 bits per heavy atom. The summed E-state index contributed by atoms with van der Waals surface area (Å²) >= 11 is 1.81. The van der Waals surface area contributed by atoms with Crippen LogP contribution in [-0.2, 0) is 35.8 Å². The molecule has 8 nitrogen and oxygen atoms in total. The van der Waals surface area contributed by atoms with E-state index in [2.05, 4.69) is 38.7 Å². The number of halogens is 2. The van der Waals surface area contributed by atoms with Crippen molar-refractivity contribution in [2.45, 2.75) is 106 Å². The SMILES string of the molecule is COCCCC(=O)NCCSc1cc2nc(c1)CN[C@@H]1CCCC[C@H]1NCCN[C@@H]1CCCC[C@H]1NC2.[Cl][Mn][Cl]. The van der Waals surface area contributed by atoms with Crippen LogP contribution in [-0.4, -0.2) is 74.2 Å². The number of nitrogens with one attached hydrogen (secondary N) is 5. The van der Waals surface area contributed by atoms with Crippen molar-refractivity contribution in [2.75, 3.05) is 39.1 Å². The molecule has 2 bridgehead atoms. The molecule has 4 atom stereocenters. The van der Waals surface area contributed by atoms with Crippen LogP contribution in [0.1, 0.15) is 75.6 Å². The van der Waals surface area contributed by atoms with Crippen molar-refractivity contribution >= 4 is 37.9 Å². The van der Waals surface area contributed by atoms with E-state index in [9.17, 15) is 4.79 Å². The van der Waals surface area contributed by atoms with Gasteiger partial charge in [-0.1, -0.05) is 25.7 Å². The van der Waals surface area contributed by atoms with Crippen LogP contribution in [0.25, 0.3) is 0 Å². The predicted octanol–water partition coefficient (Wildman–Crippen LogP) is 4.09.